The number of nitrogens with zero attached hydrogens (tertiary/aromatic N) is 1. The van der Waals surface area contributed by atoms with Crippen LogP contribution in [0.1, 0.15) is 17.3 Å². The smallest absolute Gasteiger partial charge is 0.338 e. The maximum atomic E-state index is 11.7. The van der Waals surface area contributed by atoms with Crippen molar-refractivity contribution < 1.29 is 9.53 Å². The Balaban J connectivity index is 1.98. The van der Waals surface area contributed by atoms with Gasteiger partial charge in [-0.15, -0.1) is 0 Å². The van der Waals surface area contributed by atoms with Crippen molar-refractivity contribution in [2.45, 2.75) is 6.92 Å². The largest absolute Gasteiger partial charge is 0.462 e. The highest BCUT2D eigenvalue weighted by Crippen LogP contribution is 2.30. The maximum absolute atomic E-state index is 11.7. The van der Waals surface area contributed by atoms with Gasteiger partial charge >= 0.3 is 5.97 Å². The van der Waals surface area contributed by atoms with Crippen LogP contribution >= 0.6 is 0 Å². The molecule has 3 heteroatoms. The molecule has 0 spiro atoms. The highest BCUT2D eigenvalue weighted by molar-refractivity contribution is 5.90. The van der Waals surface area contributed by atoms with Gasteiger partial charge in [0.2, 0.25) is 0 Å². The molecular formula is C20H17NO2. The highest BCUT2D eigenvalue weighted by atomic mass is 16.5. The Morgan fingerprint density at radius 3 is 2.26 bits per heavy atom. The molecule has 0 aliphatic heterocycles. The first-order chi connectivity index (χ1) is 11.3. The van der Waals surface area contributed by atoms with Crippen molar-refractivity contribution >= 4 is 5.97 Å². The summed E-state index contributed by atoms with van der Waals surface area (Å²) in [5, 5.41) is 0. The van der Waals surface area contributed by atoms with Crippen LogP contribution in [-0.2, 0) is 4.74 Å². The molecule has 3 nitrogen and oxygen atoms in total. The van der Waals surface area contributed by atoms with E-state index >= 15 is 0 Å². The molecular weight excluding hydrogens is 286 g/mol. The van der Waals surface area contributed by atoms with Crippen molar-refractivity contribution in [2.24, 2.45) is 0 Å². The summed E-state index contributed by atoms with van der Waals surface area (Å²) in [4.78, 5) is 16.2. The molecule has 3 rings (SSSR count). The normalized spacial score (nSPS) is 10.3. The molecule has 0 amide bonds. The number of hydrogen-bond donors (Lipinski definition) is 0. The van der Waals surface area contributed by atoms with Gasteiger partial charge in [-0.1, -0.05) is 42.5 Å². The lowest BCUT2D eigenvalue weighted by atomic mass is 9.96. The van der Waals surface area contributed by atoms with Crippen molar-refractivity contribution in [3.8, 4) is 22.4 Å². The van der Waals surface area contributed by atoms with Crippen LogP contribution in [-0.4, -0.2) is 17.6 Å². The van der Waals surface area contributed by atoms with Gasteiger partial charge in [0.25, 0.3) is 0 Å². The fourth-order valence-electron chi connectivity index (χ4n) is 2.48. The Morgan fingerprint density at radius 1 is 0.913 bits per heavy atom. The van der Waals surface area contributed by atoms with Crippen LogP contribution in [0, 0.1) is 0 Å². The van der Waals surface area contributed by atoms with Crippen molar-refractivity contribution in [1.82, 2.24) is 4.98 Å². The van der Waals surface area contributed by atoms with E-state index in [2.05, 4.69) is 17.1 Å². The Morgan fingerprint density at radius 2 is 1.61 bits per heavy atom. The van der Waals surface area contributed by atoms with E-state index in [1.54, 1.807) is 25.3 Å². The van der Waals surface area contributed by atoms with Gasteiger partial charge in [-0.05, 0) is 42.3 Å². The number of esters is 1. The van der Waals surface area contributed by atoms with Gasteiger partial charge in [-0.3, -0.25) is 4.98 Å². The summed E-state index contributed by atoms with van der Waals surface area (Å²) in [6.07, 6.45) is 1.79. The summed E-state index contributed by atoms with van der Waals surface area (Å²) in [6, 6.07) is 21.4. The van der Waals surface area contributed by atoms with E-state index in [4.69, 9.17) is 4.74 Å². The van der Waals surface area contributed by atoms with Gasteiger partial charge < -0.3 is 4.74 Å². The molecule has 0 bridgehead atoms. The van der Waals surface area contributed by atoms with E-state index in [9.17, 15) is 4.79 Å². The summed E-state index contributed by atoms with van der Waals surface area (Å²) < 4.78 is 5.02. The minimum Gasteiger partial charge on any atom is -0.462 e. The third kappa shape index (κ3) is 3.29. The fourth-order valence-corrected chi connectivity index (χ4v) is 2.48. The zero-order valence-corrected chi connectivity index (χ0v) is 12.9. The predicted molar refractivity (Wildman–Crippen MR) is 91.1 cm³/mol. The van der Waals surface area contributed by atoms with Crippen LogP contribution in [0.25, 0.3) is 22.4 Å². The van der Waals surface area contributed by atoms with E-state index in [0.717, 1.165) is 22.4 Å². The van der Waals surface area contributed by atoms with Crippen LogP contribution in [0.5, 0.6) is 0 Å². The lowest BCUT2D eigenvalue weighted by Crippen LogP contribution is -2.04. The number of ether oxygens (including phenoxy) is 1. The van der Waals surface area contributed by atoms with Gasteiger partial charge in [-0.25, -0.2) is 4.79 Å². The molecule has 1 aromatic heterocycles. The molecule has 0 unspecified atom stereocenters. The Bertz CT molecular complexity index is 795. The summed E-state index contributed by atoms with van der Waals surface area (Å²) in [6.45, 7) is 2.18. The van der Waals surface area contributed by atoms with E-state index < -0.39 is 0 Å². The lowest BCUT2D eigenvalue weighted by molar-refractivity contribution is 0.0526. The van der Waals surface area contributed by atoms with Crippen LogP contribution < -0.4 is 0 Å². The van der Waals surface area contributed by atoms with Crippen LogP contribution in [0.2, 0.25) is 0 Å². The number of hydrogen-bond acceptors (Lipinski definition) is 3. The molecule has 0 N–H and O–H groups in total. The van der Waals surface area contributed by atoms with Gasteiger partial charge in [-0.2, -0.15) is 0 Å². The minimum absolute atomic E-state index is 0.294. The summed E-state index contributed by atoms with van der Waals surface area (Å²) in [5.41, 5.74) is 4.68. The quantitative estimate of drug-likeness (QED) is 0.662. The highest BCUT2D eigenvalue weighted by Gasteiger charge is 2.10. The van der Waals surface area contributed by atoms with E-state index in [1.807, 2.05) is 42.5 Å². The molecule has 2 aromatic carbocycles. The van der Waals surface area contributed by atoms with E-state index in [0.29, 0.717) is 12.2 Å². The molecule has 1 heterocycles. The van der Waals surface area contributed by atoms with Gasteiger partial charge in [0, 0.05) is 11.8 Å². The number of carbonyl (C=O) groups excluding carboxylic acids is 1. The van der Waals surface area contributed by atoms with Crippen molar-refractivity contribution in [2.75, 3.05) is 6.61 Å². The molecule has 0 atom stereocenters. The van der Waals surface area contributed by atoms with Gasteiger partial charge in [0.15, 0.2) is 0 Å². The summed E-state index contributed by atoms with van der Waals surface area (Å²) in [7, 11) is 0. The Labute approximate surface area is 135 Å². The first kappa shape index (κ1) is 15.0. The van der Waals surface area contributed by atoms with E-state index in [1.165, 1.54) is 0 Å². The summed E-state index contributed by atoms with van der Waals surface area (Å²) in [5.74, 6) is -0.294. The Hall–Kier alpha value is -2.94. The SMILES string of the molecule is CCOC(=O)c1ccc(-c2ccccc2-c2ccccn2)cc1. The first-order valence-electron chi connectivity index (χ1n) is 7.57. The average Bonchev–Trinajstić information content (AvgIpc) is 2.63. The average molecular weight is 303 g/mol. The zero-order valence-electron chi connectivity index (χ0n) is 12.9. The third-order valence-corrected chi connectivity index (χ3v) is 3.57. The van der Waals surface area contributed by atoms with Crippen molar-refractivity contribution in [3.63, 3.8) is 0 Å². The molecule has 0 saturated carbocycles. The monoisotopic (exact) mass is 303 g/mol. The van der Waals surface area contributed by atoms with Gasteiger partial charge in [0.1, 0.15) is 0 Å². The minimum atomic E-state index is -0.294. The second kappa shape index (κ2) is 6.88. The van der Waals surface area contributed by atoms with Crippen LogP contribution in [0.3, 0.4) is 0 Å². The molecule has 0 radical (unpaired) electrons. The topological polar surface area (TPSA) is 39.2 Å². The molecule has 0 aliphatic rings. The van der Waals surface area contributed by atoms with Crippen LogP contribution in [0.15, 0.2) is 72.9 Å². The Kier molecular flexibility index (Phi) is 4.48. The molecule has 23 heavy (non-hydrogen) atoms. The number of rotatable bonds is 4. The maximum Gasteiger partial charge on any atom is 0.338 e. The number of carbonyl (C=O) groups is 1. The second-order valence-corrected chi connectivity index (χ2v) is 5.06. The second-order valence-electron chi connectivity index (χ2n) is 5.06. The number of pyridine rings is 1. The van der Waals surface area contributed by atoms with Crippen molar-refractivity contribution in [3.05, 3.63) is 78.5 Å². The number of aromatic nitrogens is 1. The standard InChI is InChI=1S/C20H17NO2/c1-2-23-20(22)16-12-10-15(11-13-16)17-7-3-4-8-18(17)19-9-5-6-14-21-19/h3-14H,2H2,1H3. The molecule has 114 valence electrons. The zero-order chi connectivity index (χ0) is 16.1. The predicted octanol–water partition coefficient (Wildman–Crippen LogP) is 4.59. The molecule has 0 fully saturated rings. The summed E-state index contributed by atoms with van der Waals surface area (Å²) >= 11 is 0. The first-order valence-corrected chi connectivity index (χ1v) is 7.57. The molecule has 0 saturated heterocycles. The van der Waals surface area contributed by atoms with Crippen molar-refractivity contribution in [1.29, 1.82) is 0 Å². The van der Waals surface area contributed by atoms with Gasteiger partial charge in [0.05, 0.1) is 17.9 Å². The fraction of sp³-hybridized carbons (Fsp3) is 0.100. The molecule has 0 aliphatic carbocycles. The van der Waals surface area contributed by atoms with Crippen LogP contribution in [0.4, 0.5) is 0 Å². The molecule has 3 aromatic rings. The lowest BCUT2D eigenvalue weighted by Gasteiger charge is -2.10. The number of benzene rings is 2. The van der Waals surface area contributed by atoms with E-state index in [-0.39, 0.29) is 5.97 Å². The third-order valence-electron chi connectivity index (χ3n) is 3.57.